The van der Waals surface area contributed by atoms with Gasteiger partial charge in [-0.1, -0.05) is 23.2 Å². The summed E-state index contributed by atoms with van der Waals surface area (Å²) in [6.45, 7) is 6.03. The van der Waals surface area contributed by atoms with E-state index in [-0.39, 0.29) is 55.9 Å². The highest BCUT2D eigenvalue weighted by Gasteiger charge is 2.30. The second kappa shape index (κ2) is 17.2. The smallest absolute Gasteiger partial charge is 0.275 e. The number of halogens is 2. The van der Waals surface area contributed by atoms with Crippen molar-refractivity contribution in [3.05, 3.63) is 75.2 Å². The zero-order chi connectivity index (χ0) is 39.2. The molecule has 0 aliphatic carbocycles. The molecular weight excluding hydrogens is 759 g/mol. The Balaban J connectivity index is 0.000000286. The first-order valence-electron chi connectivity index (χ1n) is 14.6. The number of aromatic hydroxyl groups is 2. The predicted molar refractivity (Wildman–Crippen MR) is 192 cm³/mol. The SMILES string of the molecule is CCOc1c(Nc2ccc(Cl)c(S(=O)(=O)N(C)C)c2O)c(=O)c1=O.CCOc1c(OCC)c(=O)c1=O.CN(C)S(=O)(=O)c1c(Cl)ccc(N)c1O. The lowest BCUT2D eigenvalue weighted by Gasteiger charge is -2.18. The van der Waals surface area contributed by atoms with Crippen LogP contribution in [0.5, 0.6) is 28.7 Å². The number of phenols is 2. The fraction of sp³-hybridized carbons (Fsp3) is 0.333. The minimum atomic E-state index is -4.02. The molecule has 4 rings (SSSR count). The third-order valence-electron chi connectivity index (χ3n) is 6.49. The molecule has 0 saturated carbocycles. The van der Waals surface area contributed by atoms with Crippen molar-refractivity contribution in [1.29, 1.82) is 0 Å². The van der Waals surface area contributed by atoms with Gasteiger partial charge in [-0.15, -0.1) is 0 Å². The van der Waals surface area contributed by atoms with E-state index >= 15 is 0 Å². The van der Waals surface area contributed by atoms with Crippen LogP contribution >= 0.6 is 23.2 Å². The summed E-state index contributed by atoms with van der Waals surface area (Å²) in [6.07, 6.45) is 0. The van der Waals surface area contributed by atoms with E-state index in [9.17, 15) is 46.2 Å². The number of anilines is 3. The summed E-state index contributed by atoms with van der Waals surface area (Å²) >= 11 is 11.6. The van der Waals surface area contributed by atoms with Crippen molar-refractivity contribution in [2.75, 3.05) is 59.1 Å². The van der Waals surface area contributed by atoms with Crippen LogP contribution < -0.4 is 47.0 Å². The number of nitrogens with zero attached hydrogens (tertiary/aromatic N) is 2. The molecule has 0 heterocycles. The Morgan fingerprint density at radius 3 is 1.43 bits per heavy atom. The summed E-state index contributed by atoms with van der Waals surface area (Å²) in [6, 6.07) is 5.21. The summed E-state index contributed by atoms with van der Waals surface area (Å²) in [5.74, 6) is -1.19. The Kier molecular flexibility index (Phi) is 14.4. The Labute approximate surface area is 302 Å². The number of rotatable bonds is 12. The molecule has 0 fully saturated rings. The van der Waals surface area contributed by atoms with Gasteiger partial charge in [0.05, 0.1) is 41.2 Å². The van der Waals surface area contributed by atoms with Crippen LogP contribution in [0, 0.1) is 0 Å². The van der Waals surface area contributed by atoms with Crippen LogP contribution in [-0.2, 0) is 20.0 Å². The number of nitrogens with one attached hydrogen (secondary N) is 1. The molecule has 0 radical (unpaired) electrons. The van der Waals surface area contributed by atoms with E-state index in [2.05, 4.69) is 5.32 Å². The van der Waals surface area contributed by atoms with E-state index in [1.807, 2.05) is 0 Å². The van der Waals surface area contributed by atoms with E-state index in [1.165, 1.54) is 52.5 Å². The third kappa shape index (κ3) is 8.92. The summed E-state index contributed by atoms with van der Waals surface area (Å²) in [4.78, 5) is 43.9. The van der Waals surface area contributed by atoms with Crippen molar-refractivity contribution in [3.8, 4) is 28.7 Å². The normalized spacial score (nSPS) is 11.5. The number of phenolic OH excluding ortho intramolecular Hbond substituents is 2. The maximum absolute atomic E-state index is 12.3. The van der Waals surface area contributed by atoms with Crippen LogP contribution in [0.15, 0.2) is 53.2 Å². The average Bonchev–Trinajstić information content (AvgIpc) is 3.07. The van der Waals surface area contributed by atoms with E-state index in [1.54, 1.807) is 20.8 Å². The van der Waals surface area contributed by atoms with Crippen molar-refractivity contribution in [2.45, 2.75) is 30.6 Å². The van der Waals surface area contributed by atoms with Gasteiger partial charge in [0, 0.05) is 28.2 Å². The highest BCUT2D eigenvalue weighted by atomic mass is 35.5. The zero-order valence-corrected chi connectivity index (χ0v) is 31.5. The number of ether oxygens (including phenoxy) is 3. The van der Waals surface area contributed by atoms with Crippen molar-refractivity contribution in [3.63, 3.8) is 0 Å². The molecule has 0 aromatic heterocycles. The molecule has 0 unspecified atom stereocenters. The molecule has 0 aliphatic rings. The van der Waals surface area contributed by atoms with Crippen molar-refractivity contribution in [2.24, 2.45) is 0 Å². The maximum Gasteiger partial charge on any atom is 0.275 e. The second-order valence-corrected chi connectivity index (χ2v) is 15.3. The Bertz CT molecular complexity index is 2230. The molecule has 5 N–H and O–H groups in total. The van der Waals surface area contributed by atoms with Crippen molar-refractivity contribution in [1.82, 2.24) is 8.61 Å². The summed E-state index contributed by atoms with van der Waals surface area (Å²) in [7, 11) is -2.55. The van der Waals surface area contributed by atoms with E-state index in [4.69, 9.17) is 43.1 Å². The summed E-state index contributed by atoms with van der Waals surface area (Å²) in [5.41, 5.74) is 2.37. The molecule has 0 amide bonds. The van der Waals surface area contributed by atoms with Gasteiger partial charge < -0.3 is 35.5 Å². The maximum atomic E-state index is 12.3. The van der Waals surface area contributed by atoms with Crippen LogP contribution in [0.2, 0.25) is 10.0 Å². The van der Waals surface area contributed by atoms with Gasteiger partial charge in [0.25, 0.3) is 21.7 Å². The fourth-order valence-electron chi connectivity index (χ4n) is 3.87. The van der Waals surface area contributed by atoms with Crippen LogP contribution in [0.1, 0.15) is 20.8 Å². The van der Waals surface area contributed by atoms with E-state index in [0.29, 0.717) is 13.2 Å². The van der Waals surface area contributed by atoms with Gasteiger partial charge >= 0.3 is 0 Å². The molecule has 0 bridgehead atoms. The Morgan fingerprint density at radius 1 is 0.647 bits per heavy atom. The van der Waals surface area contributed by atoms with Crippen LogP contribution in [0.3, 0.4) is 0 Å². The first kappa shape index (κ1) is 42.8. The summed E-state index contributed by atoms with van der Waals surface area (Å²) < 4.78 is 64.8. The van der Waals surface area contributed by atoms with Crippen LogP contribution in [-0.4, -0.2) is 83.7 Å². The van der Waals surface area contributed by atoms with Gasteiger partial charge in [-0.05, 0) is 45.0 Å². The minimum absolute atomic E-state index is 0.0279. The lowest BCUT2D eigenvalue weighted by Crippen LogP contribution is -2.35. The van der Waals surface area contributed by atoms with Gasteiger partial charge in [0.15, 0.2) is 17.2 Å². The minimum Gasteiger partial charge on any atom is -0.504 e. The lowest BCUT2D eigenvalue weighted by molar-refractivity contribution is 0.274. The van der Waals surface area contributed by atoms with Gasteiger partial charge in [-0.2, -0.15) is 0 Å². The van der Waals surface area contributed by atoms with Gasteiger partial charge in [-0.3, -0.25) is 19.2 Å². The van der Waals surface area contributed by atoms with Gasteiger partial charge in [-0.25, -0.2) is 25.4 Å². The van der Waals surface area contributed by atoms with Crippen LogP contribution in [0.25, 0.3) is 0 Å². The Hall–Kier alpha value is -4.40. The molecular formula is C30H36Cl2N4O13S2. The molecule has 0 atom stereocenters. The van der Waals surface area contributed by atoms with Crippen molar-refractivity contribution < 1.29 is 41.3 Å². The number of nitrogen functional groups attached to an aromatic ring is 1. The third-order valence-corrected chi connectivity index (χ3v) is 11.1. The summed E-state index contributed by atoms with van der Waals surface area (Å²) in [5, 5.41) is 22.1. The standard InChI is InChI=1S/C14H15ClN2O6S.C8H11ClN2O3S.C8H10O4/c1-4-23-13-9(11(19)12(13)20)16-8-6-5-7(15)14(10(8)18)24(21,22)17(2)3;1-11(2)15(13,14)8-5(9)3-4-6(10)7(8)12;1-3-11-7-5(9)6(10)8(7)12-4-2/h5-6,16,18H,4H2,1-3H3;3-4,12H,10H2,1-2H3;3-4H2,1-2H3. The van der Waals surface area contributed by atoms with Crippen LogP contribution in [0.4, 0.5) is 17.1 Å². The monoisotopic (exact) mass is 794 g/mol. The van der Waals surface area contributed by atoms with E-state index < -0.39 is 58.2 Å². The molecule has 0 spiro atoms. The highest BCUT2D eigenvalue weighted by molar-refractivity contribution is 7.89. The molecule has 0 saturated heterocycles. The predicted octanol–water partition coefficient (Wildman–Crippen LogP) is 1.99. The molecule has 0 aliphatic heterocycles. The molecule has 280 valence electrons. The second-order valence-electron chi connectivity index (χ2n) is 10.3. The Morgan fingerprint density at radius 2 is 1.02 bits per heavy atom. The highest BCUT2D eigenvalue weighted by Crippen LogP contribution is 2.40. The zero-order valence-electron chi connectivity index (χ0n) is 28.4. The first-order valence-corrected chi connectivity index (χ1v) is 18.2. The fourth-order valence-corrected chi connectivity index (χ4v) is 6.83. The van der Waals surface area contributed by atoms with Gasteiger partial charge in [0.1, 0.15) is 15.5 Å². The number of hydrogen-bond acceptors (Lipinski definition) is 15. The largest absolute Gasteiger partial charge is 0.504 e. The molecule has 51 heavy (non-hydrogen) atoms. The topological polar surface area (TPSA) is 249 Å². The molecule has 17 nitrogen and oxygen atoms in total. The first-order chi connectivity index (χ1) is 23.6. The average molecular weight is 796 g/mol. The number of benzene rings is 2. The van der Waals surface area contributed by atoms with Gasteiger partial charge in [0.2, 0.25) is 31.5 Å². The quantitative estimate of drug-likeness (QED) is 0.0910. The molecule has 4 aromatic rings. The number of sulfonamides is 2. The molecule has 4 aromatic carbocycles. The van der Waals surface area contributed by atoms with Crippen molar-refractivity contribution >= 4 is 60.3 Å². The number of hydrogen-bond donors (Lipinski definition) is 4. The number of nitrogens with two attached hydrogens (primary N) is 1. The van der Waals surface area contributed by atoms with E-state index in [0.717, 1.165) is 8.61 Å². The lowest BCUT2D eigenvalue weighted by atomic mass is 10.2. The molecule has 21 heteroatoms.